The van der Waals surface area contributed by atoms with E-state index in [0.717, 1.165) is 71.0 Å². The molecule has 0 nitrogen and oxygen atoms in total. The van der Waals surface area contributed by atoms with Crippen molar-refractivity contribution in [2.45, 2.75) is 498 Å². The Kier molecular flexibility index (Phi) is 119. The minimum atomic E-state index is 0.522. The van der Waals surface area contributed by atoms with Crippen molar-refractivity contribution >= 4 is 0 Å². The van der Waals surface area contributed by atoms with Crippen molar-refractivity contribution in [1.82, 2.24) is 0 Å². The third-order valence-corrected chi connectivity index (χ3v) is 16.2. The van der Waals surface area contributed by atoms with Crippen LogP contribution < -0.4 is 0 Å². The minimum Gasteiger partial charge on any atom is -0.0654 e. The zero-order valence-corrected chi connectivity index (χ0v) is 74.7. The fourth-order valence-corrected chi connectivity index (χ4v) is 7.68. The lowest BCUT2D eigenvalue weighted by atomic mass is 9.86. The van der Waals surface area contributed by atoms with E-state index in [1.165, 1.54) is 180 Å². The van der Waals surface area contributed by atoms with Crippen LogP contribution in [0.4, 0.5) is 0 Å². The summed E-state index contributed by atoms with van der Waals surface area (Å²) < 4.78 is 0. The van der Waals surface area contributed by atoms with E-state index < -0.39 is 0 Å². The van der Waals surface area contributed by atoms with E-state index in [2.05, 4.69) is 318 Å². The highest BCUT2D eigenvalue weighted by Crippen LogP contribution is 2.24. The molecular formula is C90H206. The summed E-state index contributed by atoms with van der Waals surface area (Å²) in [6.45, 7) is 104. The summed E-state index contributed by atoms with van der Waals surface area (Å²) in [5.41, 5.74) is 2.17. The average Bonchev–Trinajstić information content (AvgIpc) is 3.41. The molecule has 0 saturated heterocycles. The van der Waals surface area contributed by atoms with Gasteiger partial charge in [-0.05, 0) is 118 Å². The van der Waals surface area contributed by atoms with E-state index in [1.54, 1.807) is 0 Å². The lowest BCUT2D eigenvalue weighted by molar-refractivity contribution is 0.320. The third-order valence-electron chi connectivity index (χ3n) is 16.2. The summed E-state index contributed by atoms with van der Waals surface area (Å²) >= 11 is 0. The van der Waals surface area contributed by atoms with Gasteiger partial charge >= 0.3 is 0 Å². The molecule has 0 spiro atoms. The Labute approximate surface area is 587 Å². The fourth-order valence-electron chi connectivity index (χ4n) is 7.68. The van der Waals surface area contributed by atoms with Crippen molar-refractivity contribution in [1.29, 1.82) is 0 Å². The van der Waals surface area contributed by atoms with E-state index in [1.807, 2.05) is 0 Å². The molecule has 3 atom stereocenters. The molecule has 0 aliphatic heterocycles. The Morgan fingerprint density at radius 2 is 0.511 bits per heavy atom. The Hall–Kier alpha value is 0. The number of hydrogen-bond donors (Lipinski definition) is 0. The Morgan fingerprint density at radius 3 is 0.567 bits per heavy atom. The van der Waals surface area contributed by atoms with Gasteiger partial charge in [-0.1, -0.05) is 473 Å². The summed E-state index contributed by atoms with van der Waals surface area (Å²) in [6, 6.07) is 0. The van der Waals surface area contributed by atoms with E-state index in [0.29, 0.717) is 21.7 Å². The molecule has 566 valence electrons. The van der Waals surface area contributed by atoms with E-state index in [4.69, 9.17) is 0 Å². The molecule has 0 radical (unpaired) electrons. The maximum Gasteiger partial charge on any atom is -0.0380 e. The zero-order chi connectivity index (χ0) is 74.7. The highest BCUT2D eigenvalue weighted by atomic mass is 14.2. The molecule has 0 aromatic carbocycles. The lowest BCUT2D eigenvalue weighted by Crippen LogP contribution is -2.08. The summed E-state index contributed by atoms with van der Waals surface area (Å²) in [5.74, 6) is 10.7. The molecule has 0 N–H and O–H groups in total. The predicted octanol–water partition coefficient (Wildman–Crippen LogP) is 36.0. The van der Waals surface area contributed by atoms with Gasteiger partial charge in [-0.25, -0.2) is 0 Å². The van der Waals surface area contributed by atoms with E-state index >= 15 is 0 Å². The van der Waals surface area contributed by atoms with Gasteiger partial charge in [-0.2, -0.15) is 0 Å². The van der Waals surface area contributed by atoms with Crippen molar-refractivity contribution in [3.8, 4) is 0 Å². The molecule has 0 bridgehead atoms. The van der Waals surface area contributed by atoms with Gasteiger partial charge in [0, 0.05) is 0 Å². The van der Waals surface area contributed by atoms with Gasteiger partial charge in [-0.15, -0.1) is 0 Å². The molecule has 0 amide bonds. The predicted molar refractivity (Wildman–Crippen MR) is 442 cm³/mol. The summed E-state index contributed by atoms with van der Waals surface area (Å²) in [4.78, 5) is 0. The lowest BCUT2D eigenvalue weighted by Gasteiger charge is -2.19. The van der Waals surface area contributed by atoms with E-state index in [9.17, 15) is 0 Å². The van der Waals surface area contributed by atoms with Crippen LogP contribution in [-0.2, 0) is 0 Å². The van der Waals surface area contributed by atoms with Gasteiger partial charge in [0.2, 0.25) is 0 Å². The molecule has 1 unspecified atom stereocenters. The molecule has 0 heteroatoms. The highest BCUT2D eigenvalue weighted by molar-refractivity contribution is 4.63. The van der Waals surface area contributed by atoms with Gasteiger partial charge in [0.25, 0.3) is 0 Å². The maximum atomic E-state index is 2.31. The second kappa shape index (κ2) is 89.0. The average molecular weight is 1290 g/mol. The van der Waals surface area contributed by atoms with Crippen LogP contribution in [0.5, 0.6) is 0 Å². The molecule has 0 aliphatic carbocycles. The molecule has 0 fully saturated rings. The smallest absolute Gasteiger partial charge is 0.0380 e. The molecule has 0 aromatic heterocycles. The molecule has 0 aromatic rings. The fraction of sp³-hybridized carbons (Fsp3) is 1.00. The standard InChI is InChI=1S/2C8H18.8C7H16.3C6H14/c1-7(2)6-8(3,4)5;1-5-6-7-8(2,3)4;1-6(2)5-7(3)4;1-5-6-7(2,3)4;1-5-7(4)6(2)3;2*1-4-5-6-7(2)3;2*1-4-6-7(3)5-2;1-3-5-7-6-4-2;1-5-6(2,3)4;1-5(2)6(3)4;1-4-6(3)5-2/h7H,6H2,1-5H3;5-7H2,1-4H3;6-7H,5H2,1-4H3;5-6H2,1-4H3;6-7H,5H2,1-4H3;4*7H,4-6H2,1-3H3;3-7H2,1-2H3;5H2,1-4H3;5-6H,1-4H3;6H,4-5H2,1-3H3/t;;;;7-;;;7-;;;;;/m....0..1...../s1. The normalized spacial score (nSPS) is 11.9. The largest absolute Gasteiger partial charge is 0.0654 e. The SMILES string of the molecule is CC(C)C(C)C.CC(C)CC(C)(C)C.CC(C)CC(C)C.CCC(C)(C)C.CCC(C)CC.CCCC(C)(C)C.CCCC(C)CC.CCCCC(C)(C)C.CCCCC(C)C.CCCCC(C)C.CCCCCCC.CCC[C@H](C)CC.CC[C@H](C)C(C)C. The highest BCUT2D eigenvalue weighted by Gasteiger charge is 2.11. The van der Waals surface area contributed by atoms with Crippen LogP contribution >= 0.6 is 0 Å². The first kappa shape index (κ1) is 120. The minimum absolute atomic E-state index is 0.522. The van der Waals surface area contributed by atoms with Gasteiger partial charge in [0.1, 0.15) is 0 Å². The molecule has 0 aliphatic rings. The molecule has 0 saturated carbocycles. The first-order valence-corrected chi connectivity index (χ1v) is 40.9. The first-order chi connectivity index (χ1) is 40.9. The van der Waals surface area contributed by atoms with Crippen LogP contribution in [0.2, 0.25) is 0 Å². The van der Waals surface area contributed by atoms with Crippen molar-refractivity contribution in [3.63, 3.8) is 0 Å². The molecule has 90 heavy (non-hydrogen) atoms. The second-order valence-corrected chi connectivity index (χ2v) is 35.8. The van der Waals surface area contributed by atoms with Crippen LogP contribution in [0.15, 0.2) is 0 Å². The van der Waals surface area contributed by atoms with Gasteiger partial charge in [0.15, 0.2) is 0 Å². The van der Waals surface area contributed by atoms with Gasteiger partial charge in [-0.3, -0.25) is 0 Å². The maximum absolute atomic E-state index is 2.31. The van der Waals surface area contributed by atoms with Crippen LogP contribution in [0.1, 0.15) is 498 Å². The Balaban J connectivity index is -0.0000000649. The van der Waals surface area contributed by atoms with Crippen molar-refractivity contribution < 1.29 is 0 Å². The van der Waals surface area contributed by atoms with Crippen LogP contribution in [0, 0.1) is 92.7 Å². The monoisotopic (exact) mass is 1290 g/mol. The Bertz CT molecular complexity index is 1040. The first-order valence-electron chi connectivity index (χ1n) is 40.9. The van der Waals surface area contributed by atoms with Gasteiger partial charge in [0.05, 0.1) is 0 Å². The third kappa shape index (κ3) is 205. The van der Waals surface area contributed by atoms with Crippen LogP contribution in [0.3, 0.4) is 0 Å². The zero-order valence-electron chi connectivity index (χ0n) is 74.7. The molecular weight excluding hydrogens is 1080 g/mol. The Morgan fingerprint density at radius 1 is 0.222 bits per heavy atom. The molecule has 0 rings (SSSR count). The topological polar surface area (TPSA) is 0 Å². The van der Waals surface area contributed by atoms with Crippen LogP contribution in [0.25, 0.3) is 0 Å². The van der Waals surface area contributed by atoms with Crippen molar-refractivity contribution in [2.75, 3.05) is 0 Å². The number of unbranched alkanes of at least 4 members (excludes halogenated alkanes) is 7. The summed E-state index contributed by atoms with van der Waals surface area (Å²) in [5, 5.41) is 0. The number of hydrogen-bond acceptors (Lipinski definition) is 0. The molecule has 0 heterocycles. The quantitative estimate of drug-likeness (QED) is 0.0719. The van der Waals surface area contributed by atoms with Crippen LogP contribution in [-0.4, -0.2) is 0 Å². The van der Waals surface area contributed by atoms with Crippen molar-refractivity contribution in [3.05, 3.63) is 0 Å². The van der Waals surface area contributed by atoms with Gasteiger partial charge < -0.3 is 0 Å². The van der Waals surface area contributed by atoms with Crippen molar-refractivity contribution in [2.24, 2.45) is 92.7 Å². The summed E-state index contributed by atoms with van der Waals surface area (Å²) in [6.07, 6.45) is 38.1. The van der Waals surface area contributed by atoms with E-state index in [-0.39, 0.29) is 0 Å². The second-order valence-electron chi connectivity index (χ2n) is 35.8. The number of rotatable bonds is 27. The summed E-state index contributed by atoms with van der Waals surface area (Å²) in [7, 11) is 0.